The number of thiol groups is 1. The zero-order valence-electron chi connectivity index (χ0n) is 6.55. The second kappa shape index (κ2) is 2.38. The molecular weight excluding hydrogens is 144 g/mol. The molecule has 0 aromatic carbocycles. The Labute approximate surface area is 66.8 Å². The summed E-state index contributed by atoms with van der Waals surface area (Å²) in [6.07, 6.45) is 0. The summed E-state index contributed by atoms with van der Waals surface area (Å²) >= 11 is 4.27. The third-order valence-corrected chi connectivity index (χ3v) is 1.73. The maximum Gasteiger partial charge on any atom is 0.0928 e. The van der Waals surface area contributed by atoms with Crippen LogP contribution in [0.3, 0.4) is 0 Å². The normalized spacial score (nSPS) is 18.8. The van der Waals surface area contributed by atoms with Gasteiger partial charge in [0.05, 0.1) is 12.2 Å². The molecule has 0 atom stereocenters. The molecule has 0 radical (unpaired) electrons. The molecule has 0 fully saturated rings. The number of hydrogen-bond acceptors (Lipinski definition) is 3. The zero-order valence-corrected chi connectivity index (χ0v) is 7.44. The average Bonchev–Trinajstić information content (AvgIpc) is 2.11. The van der Waals surface area contributed by atoms with Gasteiger partial charge in [0.2, 0.25) is 0 Å². The molecule has 3 heteroatoms. The molecule has 1 rings (SSSR count). The van der Waals surface area contributed by atoms with Crippen LogP contribution in [0, 0.1) is 5.41 Å². The van der Waals surface area contributed by atoms with Crippen LogP contribution in [-0.2, 0) is 0 Å². The highest BCUT2D eigenvalue weighted by Gasteiger charge is 2.22. The number of hydrogen-bond donors (Lipinski definition) is 1. The molecule has 56 valence electrons. The highest BCUT2D eigenvalue weighted by atomic mass is 32.1. The minimum atomic E-state index is 0.0943. The molecule has 0 amide bonds. The van der Waals surface area contributed by atoms with Gasteiger partial charge in [0.1, 0.15) is 0 Å². The Balaban J connectivity index is 2.91. The molecule has 0 aromatic rings. The van der Waals surface area contributed by atoms with Crippen molar-refractivity contribution < 1.29 is 0 Å². The van der Waals surface area contributed by atoms with Gasteiger partial charge in [-0.3, -0.25) is 0 Å². The smallest absolute Gasteiger partial charge is 0.0928 e. The van der Waals surface area contributed by atoms with Crippen molar-refractivity contribution in [1.29, 1.82) is 0 Å². The van der Waals surface area contributed by atoms with Crippen LogP contribution in [0.1, 0.15) is 20.8 Å². The SMILES string of the molecule is CC(C)(C)C1=C(S)CN=N1. The van der Waals surface area contributed by atoms with Crippen LogP contribution < -0.4 is 0 Å². The summed E-state index contributed by atoms with van der Waals surface area (Å²) in [4.78, 5) is 1.01. The van der Waals surface area contributed by atoms with Gasteiger partial charge in [-0.1, -0.05) is 20.8 Å². The Kier molecular flexibility index (Phi) is 1.86. The molecule has 0 N–H and O–H groups in total. The topological polar surface area (TPSA) is 24.7 Å². The second-order valence-corrected chi connectivity index (χ2v) is 3.98. The van der Waals surface area contributed by atoms with Gasteiger partial charge < -0.3 is 0 Å². The Hall–Kier alpha value is -0.310. The fraction of sp³-hybridized carbons (Fsp3) is 0.714. The summed E-state index contributed by atoms with van der Waals surface area (Å²) < 4.78 is 0. The number of allylic oxidation sites excluding steroid dienone is 1. The van der Waals surface area contributed by atoms with Crippen LogP contribution in [0.5, 0.6) is 0 Å². The number of nitrogens with zero attached hydrogens (tertiary/aromatic N) is 2. The average molecular weight is 156 g/mol. The van der Waals surface area contributed by atoms with E-state index in [0.717, 1.165) is 10.6 Å². The molecule has 1 aliphatic heterocycles. The van der Waals surface area contributed by atoms with Crippen molar-refractivity contribution in [2.45, 2.75) is 20.8 Å². The van der Waals surface area contributed by atoms with Crippen LogP contribution in [-0.4, -0.2) is 6.54 Å². The van der Waals surface area contributed by atoms with E-state index in [-0.39, 0.29) is 5.41 Å². The molecule has 0 bridgehead atoms. The molecule has 1 aliphatic rings. The summed E-state index contributed by atoms with van der Waals surface area (Å²) in [6.45, 7) is 7.00. The van der Waals surface area contributed by atoms with Gasteiger partial charge in [-0.25, -0.2) is 0 Å². The van der Waals surface area contributed by atoms with Crippen molar-refractivity contribution in [1.82, 2.24) is 0 Å². The molecule has 0 saturated heterocycles. The van der Waals surface area contributed by atoms with Crippen LogP contribution >= 0.6 is 12.6 Å². The Morgan fingerprint density at radius 3 is 2.20 bits per heavy atom. The molecule has 10 heavy (non-hydrogen) atoms. The van der Waals surface area contributed by atoms with E-state index in [1.54, 1.807) is 0 Å². The summed E-state index contributed by atoms with van der Waals surface area (Å²) in [6, 6.07) is 0. The molecule has 0 unspecified atom stereocenters. The van der Waals surface area contributed by atoms with E-state index < -0.39 is 0 Å². The van der Waals surface area contributed by atoms with E-state index in [2.05, 4.69) is 43.6 Å². The molecular formula is C7H12N2S. The predicted molar refractivity (Wildman–Crippen MR) is 45.2 cm³/mol. The molecule has 0 aromatic heterocycles. The number of rotatable bonds is 0. The lowest BCUT2D eigenvalue weighted by atomic mass is 9.92. The molecule has 0 spiro atoms. The maximum absolute atomic E-state index is 4.27. The van der Waals surface area contributed by atoms with Gasteiger partial charge in [-0.05, 0) is 0 Å². The first-order chi connectivity index (χ1) is 4.52. The third kappa shape index (κ3) is 1.40. The van der Waals surface area contributed by atoms with Crippen molar-refractivity contribution in [2.75, 3.05) is 6.54 Å². The van der Waals surface area contributed by atoms with E-state index in [1.165, 1.54) is 0 Å². The summed E-state index contributed by atoms with van der Waals surface area (Å²) in [7, 11) is 0. The van der Waals surface area contributed by atoms with Crippen LogP contribution in [0.15, 0.2) is 20.8 Å². The lowest BCUT2D eigenvalue weighted by Crippen LogP contribution is -2.07. The predicted octanol–water partition coefficient (Wildman–Crippen LogP) is 2.64. The van der Waals surface area contributed by atoms with Gasteiger partial charge >= 0.3 is 0 Å². The van der Waals surface area contributed by atoms with E-state index >= 15 is 0 Å². The first kappa shape index (κ1) is 7.79. The van der Waals surface area contributed by atoms with Crippen molar-refractivity contribution in [3.8, 4) is 0 Å². The Morgan fingerprint density at radius 2 is 2.00 bits per heavy atom. The fourth-order valence-electron chi connectivity index (χ4n) is 0.889. The quantitative estimate of drug-likeness (QED) is 0.521. The zero-order chi connectivity index (χ0) is 7.78. The van der Waals surface area contributed by atoms with Crippen LogP contribution in [0.25, 0.3) is 0 Å². The largest absolute Gasteiger partial charge is 0.184 e. The van der Waals surface area contributed by atoms with Crippen molar-refractivity contribution in [3.05, 3.63) is 10.6 Å². The first-order valence-corrected chi connectivity index (χ1v) is 3.76. The molecule has 0 aliphatic carbocycles. The summed E-state index contributed by atoms with van der Waals surface area (Å²) in [5.41, 5.74) is 1.12. The lowest BCUT2D eigenvalue weighted by Gasteiger charge is -2.16. The van der Waals surface area contributed by atoms with Crippen molar-refractivity contribution >= 4 is 12.6 Å². The molecule has 0 saturated carbocycles. The fourth-order valence-corrected chi connectivity index (χ4v) is 1.33. The van der Waals surface area contributed by atoms with Gasteiger partial charge in [0.25, 0.3) is 0 Å². The van der Waals surface area contributed by atoms with Gasteiger partial charge in [-0.2, -0.15) is 10.2 Å². The van der Waals surface area contributed by atoms with Crippen molar-refractivity contribution in [3.63, 3.8) is 0 Å². The van der Waals surface area contributed by atoms with Gasteiger partial charge in [0.15, 0.2) is 0 Å². The van der Waals surface area contributed by atoms with E-state index in [1.807, 2.05) is 0 Å². The van der Waals surface area contributed by atoms with E-state index in [0.29, 0.717) is 6.54 Å². The lowest BCUT2D eigenvalue weighted by molar-refractivity contribution is 0.496. The van der Waals surface area contributed by atoms with Gasteiger partial charge in [0, 0.05) is 10.3 Å². The first-order valence-electron chi connectivity index (χ1n) is 3.32. The standard InChI is InChI=1S/C7H12N2S/c1-7(2,3)6-5(10)4-8-9-6/h10H,4H2,1-3H3. The highest BCUT2D eigenvalue weighted by molar-refractivity contribution is 7.84. The van der Waals surface area contributed by atoms with E-state index in [9.17, 15) is 0 Å². The summed E-state index contributed by atoms with van der Waals surface area (Å²) in [5, 5.41) is 7.90. The number of azo groups is 1. The van der Waals surface area contributed by atoms with E-state index in [4.69, 9.17) is 0 Å². The minimum Gasteiger partial charge on any atom is -0.184 e. The highest BCUT2D eigenvalue weighted by Crippen LogP contribution is 2.33. The molecule has 1 heterocycles. The summed E-state index contributed by atoms with van der Waals surface area (Å²) in [5.74, 6) is 0. The monoisotopic (exact) mass is 156 g/mol. The Morgan fingerprint density at radius 1 is 1.40 bits per heavy atom. The van der Waals surface area contributed by atoms with Crippen LogP contribution in [0.4, 0.5) is 0 Å². The van der Waals surface area contributed by atoms with Gasteiger partial charge in [-0.15, -0.1) is 12.6 Å². The van der Waals surface area contributed by atoms with Crippen LogP contribution in [0.2, 0.25) is 0 Å². The maximum atomic E-state index is 4.27. The Bertz CT molecular complexity index is 198. The second-order valence-electron chi connectivity index (χ2n) is 3.44. The molecule has 2 nitrogen and oxygen atoms in total. The van der Waals surface area contributed by atoms with Crippen molar-refractivity contribution in [2.24, 2.45) is 15.6 Å². The third-order valence-electron chi connectivity index (χ3n) is 1.37. The minimum absolute atomic E-state index is 0.0943.